The first-order chi connectivity index (χ1) is 17.2. The summed E-state index contributed by atoms with van der Waals surface area (Å²) >= 11 is 0. The fourth-order valence-corrected chi connectivity index (χ4v) is 5.28. The summed E-state index contributed by atoms with van der Waals surface area (Å²) in [5, 5.41) is 16.8. The van der Waals surface area contributed by atoms with Crippen molar-refractivity contribution in [3.8, 4) is 0 Å². The summed E-state index contributed by atoms with van der Waals surface area (Å²) in [6.45, 7) is 7.09. The van der Waals surface area contributed by atoms with Crippen molar-refractivity contribution in [1.82, 2.24) is 10.6 Å². The minimum atomic E-state index is -3.56. The van der Waals surface area contributed by atoms with Crippen molar-refractivity contribution < 1.29 is 23.1 Å². The molecule has 1 amide bonds. The van der Waals surface area contributed by atoms with E-state index in [9.17, 15) is 23.1 Å². The van der Waals surface area contributed by atoms with E-state index in [1.165, 1.54) is 12.1 Å². The topological polar surface area (TPSA) is 113 Å². The number of aryl methyl sites for hydroxylation is 1. The van der Waals surface area contributed by atoms with Crippen LogP contribution in [0.1, 0.15) is 90.8 Å². The molecule has 0 saturated heterocycles. The normalized spacial score (nSPS) is 12.3. The third kappa shape index (κ3) is 9.15. The van der Waals surface area contributed by atoms with E-state index in [1.807, 2.05) is 45.0 Å². The predicted molar refractivity (Wildman–Crippen MR) is 143 cm³/mol. The van der Waals surface area contributed by atoms with Crippen molar-refractivity contribution in [3.63, 3.8) is 0 Å². The number of Topliss-reactive ketones (excluding diaryl/α,β-unsaturated/α-hetero) is 1. The van der Waals surface area contributed by atoms with Crippen LogP contribution < -0.4 is 10.6 Å². The molecule has 2 aromatic carbocycles. The second-order valence-electron chi connectivity index (χ2n) is 9.02. The molecule has 0 aromatic heterocycles. The molecular formula is C28H40N2O5S. The Morgan fingerprint density at radius 1 is 0.917 bits per heavy atom. The first kappa shape index (κ1) is 29.7. The van der Waals surface area contributed by atoms with Gasteiger partial charge in [-0.2, -0.15) is 0 Å². The zero-order chi connectivity index (χ0) is 26.6. The molecule has 1 unspecified atom stereocenters. The first-order valence-electron chi connectivity index (χ1n) is 12.9. The van der Waals surface area contributed by atoms with Crippen LogP contribution >= 0.6 is 0 Å². The molecule has 0 bridgehead atoms. The molecule has 0 saturated carbocycles. The van der Waals surface area contributed by atoms with Crippen LogP contribution in [0.15, 0.2) is 47.4 Å². The molecule has 36 heavy (non-hydrogen) atoms. The summed E-state index contributed by atoms with van der Waals surface area (Å²) in [5.74, 6) is -0.215. The van der Waals surface area contributed by atoms with Crippen LogP contribution in [0.2, 0.25) is 0 Å². The van der Waals surface area contributed by atoms with E-state index in [0.29, 0.717) is 31.5 Å². The Morgan fingerprint density at radius 3 is 2.28 bits per heavy atom. The van der Waals surface area contributed by atoms with Crippen molar-refractivity contribution in [3.05, 3.63) is 64.7 Å². The van der Waals surface area contributed by atoms with Crippen LogP contribution in [0.3, 0.4) is 0 Å². The van der Waals surface area contributed by atoms with Gasteiger partial charge in [0.2, 0.25) is 0 Å². The maximum atomic E-state index is 12.8. The van der Waals surface area contributed by atoms with Crippen molar-refractivity contribution >= 4 is 21.5 Å². The van der Waals surface area contributed by atoms with E-state index in [1.54, 1.807) is 6.07 Å². The van der Waals surface area contributed by atoms with Gasteiger partial charge in [-0.1, -0.05) is 51.5 Å². The van der Waals surface area contributed by atoms with Crippen LogP contribution in [0.5, 0.6) is 0 Å². The van der Waals surface area contributed by atoms with Gasteiger partial charge in [-0.05, 0) is 61.6 Å². The fraction of sp³-hybridized carbons (Fsp3) is 0.500. The number of benzene rings is 2. The van der Waals surface area contributed by atoms with Gasteiger partial charge in [-0.15, -0.1) is 0 Å². The zero-order valence-electron chi connectivity index (χ0n) is 21.7. The summed E-state index contributed by atoms with van der Waals surface area (Å²) in [5.41, 5.74) is 2.50. The van der Waals surface area contributed by atoms with E-state index in [2.05, 4.69) is 10.6 Å². The first-order valence-corrected chi connectivity index (χ1v) is 14.5. The SMILES string of the molecule is CCCCS(=O)(=O)c1cc(C(=O)NCCC)cc(C(O)CNCCCc2ccc(C(=O)CC)cc2)c1. The van der Waals surface area contributed by atoms with Gasteiger partial charge in [0.1, 0.15) is 0 Å². The summed E-state index contributed by atoms with van der Waals surface area (Å²) in [6.07, 6.45) is 3.25. The Balaban J connectivity index is 2.01. The number of amides is 1. The number of rotatable bonds is 16. The number of hydrogen-bond donors (Lipinski definition) is 3. The molecule has 2 rings (SSSR count). The lowest BCUT2D eigenvalue weighted by Crippen LogP contribution is -2.26. The van der Waals surface area contributed by atoms with Gasteiger partial charge in [0, 0.05) is 30.6 Å². The Morgan fingerprint density at radius 2 is 1.64 bits per heavy atom. The molecule has 0 aliphatic heterocycles. The van der Waals surface area contributed by atoms with Crippen molar-refractivity contribution in [2.75, 3.05) is 25.4 Å². The fourth-order valence-electron chi connectivity index (χ4n) is 3.75. The number of unbranched alkanes of at least 4 members (excludes halogenated alkanes) is 1. The lowest BCUT2D eigenvalue weighted by atomic mass is 10.0. The number of aliphatic hydroxyl groups is 1. The number of carbonyl (C=O) groups is 2. The highest BCUT2D eigenvalue weighted by molar-refractivity contribution is 7.91. The highest BCUT2D eigenvalue weighted by Crippen LogP contribution is 2.22. The van der Waals surface area contributed by atoms with Crippen molar-refractivity contribution in [2.24, 2.45) is 0 Å². The van der Waals surface area contributed by atoms with E-state index in [-0.39, 0.29) is 34.4 Å². The van der Waals surface area contributed by atoms with Crippen LogP contribution in [0, 0.1) is 0 Å². The lowest BCUT2D eigenvalue weighted by molar-refractivity contribution is 0.0951. The van der Waals surface area contributed by atoms with Gasteiger partial charge in [0.25, 0.3) is 5.91 Å². The minimum absolute atomic E-state index is 0.00486. The molecule has 0 aliphatic carbocycles. The van der Waals surface area contributed by atoms with Crippen LogP contribution in [0.25, 0.3) is 0 Å². The molecule has 0 heterocycles. The van der Waals surface area contributed by atoms with E-state index < -0.39 is 15.9 Å². The van der Waals surface area contributed by atoms with E-state index in [0.717, 1.165) is 36.8 Å². The third-order valence-corrected chi connectivity index (χ3v) is 7.77. The molecule has 1 atom stereocenters. The van der Waals surface area contributed by atoms with Crippen LogP contribution in [0.4, 0.5) is 0 Å². The maximum Gasteiger partial charge on any atom is 0.251 e. The van der Waals surface area contributed by atoms with Crippen LogP contribution in [-0.2, 0) is 16.3 Å². The van der Waals surface area contributed by atoms with Gasteiger partial charge >= 0.3 is 0 Å². The number of carbonyl (C=O) groups excluding carboxylic acids is 2. The third-order valence-electron chi connectivity index (χ3n) is 5.99. The van der Waals surface area contributed by atoms with Gasteiger partial charge in [-0.3, -0.25) is 9.59 Å². The molecule has 0 spiro atoms. The Kier molecular flexibility index (Phi) is 12.3. The molecule has 3 N–H and O–H groups in total. The second kappa shape index (κ2) is 14.9. The molecule has 0 fully saturated rings. The van der Waals surface area contributed by atoms with Gasteiger partial charge in [-0.25, -0.2) is 8.42 Å². The highest BCUT2D eigenvalue weighted by Gasteiger charge is 2.20. The number of aliphatic hydroxyl groups excluding tert-OH is 1. The second-order valence-corrected chi connectivity index (χ2v) is 11.1. The standard InChI is InChI=1S/C28H40N2O5S/c1-4-7-16-36(34,35)25-18-23(17-24(19-25)28(33)30-14-5-2)27(32)20-29-15-8-9-21-10-12-22(13-11-21)26(31)6-3/h10-13,17-19,27,29,32H,4-9,14-16,20H2,1-3H3,(H,30,33). The van der Waals surface area contributed by atoms with Crippen LogP contribution in [-0.4, -0.2) is 50.6 Å². The largest absolute Gasteiger partial charge is 0.387 e. The maximum absolute atomic E-state index is 12.8. The quantitative estimate of drug-likeness (QED) is 0.227. The van der Waals surface area contributed by atoms with Crippen molar-refractivity contribution in [1.29, 1.82) is 0 Å². The van der Waals surface area contributed by atoms with E-state index >= 15 is 0 Å². The van der Waals surface area contributed by atoms with Gasteiger partial charge in [0.05, 0.1) is 16.8 Å². The Hall–Kier alpha value is -2.55. The van der Waals surface area contributed by atoms with E-state index in [4.69, 9.17) is 0 Å². The summed E-state index contributed by atoms with van der Waals surface area (Å²) in [4.78, 5) is 24.4. The Bertz CT molecular complexity index is 1100. The minimum Gasteiger partial charge on any atom is -0.387 e. The summed E-state index contributed by atoms with van der Waals surface area (Å²) < 4.78 is 25.6. The molecule has 8 heteroatoms. The number of sulfone groups is 1. The zero-order valence-corrected chi connectivity index (χ0v) is 22.5. The molecule has 0 aliphatic rings. The average Bonchev–Trinajstić information content (AvgIpc) is 2.89. The lowest BCUT2D eigenvalue weighted by Gasteiger charge is -2.16. The number of nitrogens with one attached hydrogen (secondary N) is 2. The number of ketones is 1. The Labute approximate surface area is 215 Å². The average molecular weight is 517 g/mol. The molecular weight excluding hydrogens is 476 g/mol. The summed E-state index contributed by atoms with van der Waals surface area (Å²) in [6, 6.07) is 12.1. The van der Waals surface area contributed by atoms with Crippen molar-refractivity contribution in [2.45, 2.75) is 70.3 Å². The molecule has 2 aromatic rings. The summed E-state index contributed by atoms with van der Waals surface area (Å²) in [7, 11) is -3.56. The predicted octanol–water partition coefficient (Wildman–Crippen LogP) is 4.25. The molecule has 0 radical (unpaired) electrons. The molecule has 198 valence electrons. The van der Waals surface area contributed by atoms with Gasteiger partial charge in [0.15, 0.2) is 15.6 Å². The number of hydrogen-bond acceptors (Lipinski definition) is 6. The highest BCUT2D eigenvalue weighted by atomic mass is 32.2. The molecule has 7 nitrogen and oxygen atoms in total. The van der Waals surface area contributed by atoms with Gasteiger partial charge < -0.3 is 15.7 Å². The monoisotopic (exact) mass is 516 g/mol. The smallest absolute Gasteiger partial charge is 0.251 e.